The van der Waals surface area contributed by atoms with Gasteiger partial charge in [0, 0.05) is 12.1 Å². The van der Waals surface area contributed by atoms with Crippen molar-refractivity contribution in [2.45, 2.75) is 32.6 Å². The summed E-state index contributed by atoms with van der Waals surface area (Å²) in [5.41, 5.74) is 3.49. The molecule has 1 N–H and O–H groups in total. The normalized spacial score (nSPS) is 45.8. The van der Waals surface area contributed by atoms with E-state index >= 15 is 0 Å². The largest absolute Gasteiger partial charge is 0.369 e. The molecule has 1 aromatic heterocycles. The van der Waals surface area contributed by atoms with Crippen molar-refractivity contribution in [3.05, 3.63) is 24.2 Å². The molecule has 0 aromatic carbocycles. The van der Waals surface area contributed by atoms with E-state index in [1.807, 2.05) is 6.08 Å². The Bertz CT molecular complexity index is 595. The van der Waals surface area contributed by atoms with E-state index in [-0.39, 0.29) is 0 Å². The molecule has 20 heavy (non-hydrogen) atoms. The Balaban J connectivity index is 1.36. The molecule has 1 spiro atoms. The van der Waals surface area contributed by atoms with E-state index in [1.54, 1.807) is 6.33 Å². The van der Waals surface area contributed by atoms with Crippen molar-refractivity contribution >= 4 is 11.9 Å². The monoisotopic (exact) mass is 267 g/mol. The van der Waals surface area contributed by atoms with E-state index in [9.17, 15) is 0 Å². The van der Waals surface area contributed by atoms with Gasteiger partial charge in [-0.25, -0.2) is 9.97 Å². The molecule has 4 aliphatic rings. The van der Waals surface area contributed by atoms with Crippen LogP contribution in [-0.4, -0.2) is 16.5 Å². The second kappa shape index (κ2) is 3.26. The van der Waals surface area contributed by atoms with Crippen molar-refractivity contribution in [1.82, 2.24) is 9.97 Å². The van der Waals surface area contributed by atoms with Crippen LogP contribution in [0.5, 0.6) is 0 Å². The van der Waals surface area contributed by atoms with Gasteiger partial charge in [-0.1, -0.05) is 6.58 Å². The first-order chi connectivity index (χ1) is 9.71. The maximum absolute atomic E-state index is 4.42. The van der Waals surface area contributed by atoms with E-state index in [4.69, 9.17) is 0 Å². The summed E-state index contributed by atoms with van der Waals surface area (Å²) in [6.45, 7) is 7.02. The van der Waals surface area contributed by atoms with Crippen LogP contribution in [0.1, 0.15) is 36.9 Å². The van der Waals surface area contributed by atoms with E-state index in [1.165, 1.54) is 25.7 Å². The van der Waals surface area contributed by atoms with E-state index in [2.05, 4.69) is 28.8 Å². The van der Waals surface area contributed by atoms with Crippen molar-refractivity contribution < 1.29 is 0 Å². The van der Waals surface area contributed by atoms with Crippen LogP contribution in [0.2, 0.25) is 0 Å². The molecule has 104 valence electrons. The predicted molar refractivity (Wildman–Crippen MR) is 79.2 cm³/mol. The summed E-state index contributed by atoms with van der Waals surface area (Å²) >= 11 is 0. The highest BCUT2D eigenvalue weighted by Crippen LogP contribution is 2.92. The van der Waals surface area contributed by atoms with Crippen molar-refractivity contribution in [2.24, 2.45) is 28.6 Å². The lowest BCUT2D eigenvalue weighted by molar-refractivity contribution is -0.426. The third-order valence-electron chi connectivity index (χ3n) is 7.27. The molecule has 0 amide bonds. The van der Waals surface area contributed by atoms with Gasteiger partial charge in [0.2, 0.25) is 0 Å². The maximum atomic E-state index is 4.42. The number of nitrogens with one attached hydrogen (secondary N) is 1. The Morgan fingerprint density at radius 1 is 1.30 bits per heavy atom. The Hall–Kier alpha value is -1.38. The lowest BCUT2D eigenvalue weighted by Crippen LogP contribution is -2.86. The Morgan fingerprint density at radius 3 is 2.65 bits per heavy atom. The Kier molecular flexibility index (Phi) is 1.84. The molecule has 1 heterocycles. The van der Waals surface area contributed by atoms with Gasteiger partial charge in [-0.05, 0) is 67.3 Å². The molecule has 4 fully saturated rings. The zero-order chi connectivity index (χ0) is 13.5. The number of hydrogen-bond donors (Lipinski definition) is 1. The topological polar surface area (TPSA) is 37.8 Å². The average molecular weight is 267 g/mol. The van der Waals surface area contributed by atoms with Crippen LogP contribution >= 0.6 is 0 Å². The van der Waals surface area contributed by atoms with E-state index < -0.39 is 0 Å². The second-order valence-electron chi connectivity index (χ2n) is 7.47. The summed E-state index contributed by atoms with van der Waals surface area (Å²) in [7, 11) is 0. The molecular weight excluding hydrogens is 246 g/mol. The number of hydrogen-bond acceptors (Lipinski definition) is 3. The van der Waals surface area contributed by atoms with Gasteiger partial charge in [0.25, 0.3) is 0 Å². The minimum Gasteiger partial charge on any atom is -0.369 e. The zero-order valence-electron chi connectivity index (χ0n) is 12.0. The molecular formula is C17H21N3. The zero-order valence-corrected chi connectivity index (χ0v) is 12.0. The number of aromatic nitrogens is 2. The van der Waals surface area contributed by atoms with E-state index in [0.717, 1.165) is 46.8 Å². The molecule has 5 rings (SSSR count). The molecule has 0 bridgehead atoms. The second-order valence-corrected chi connectivity index (χ2v) is 7.47. The molecule has 0 aliphatic heterocycles. The minimum absolute atomic E-state index is 0.620. The first-order valence-corrected chi connectivity index (χ1v) is 7.89. The van der Waals surface area contributed by atoms with Crippen LogP contribution in [0, 0.1) is 35.5 Å². The fourth-order valence-corrected chi connectivity index (χ4v) is 6.56. The van der Waals surface area contributed by atoms with Crippen molar-refractivity contribution in [3.8, 4) is 0 Å². The third kappa shape index (κ3) is 0.942. The summed E-state index contributed by atoms with van der Waals surface area (Å²) in [5.74, 6) is 4.24. The van der Waals surface area contributed by atoms with Crippen LogP contribution in [0.3, 0.4) is 0 Å². The fourth-order valence-electron chi connectivity index (χ4n) is 6.56. The van der Waals surface area contributed by atoms with Crippen LogP contribution < -0.4 is 5.32 Å². The van der Waals surface area contributed by atoms with Gasteiger partial charge in [0.15, 0.2) is 0 Å². The highest BCUT2D eigenvalue weighted by atomic mass is 15.1. The summed E-state index contributed by atoms with van der Waals surface area (Å²) in [4.78, 5) is 8.67. The molecule has 4 aliphatic carbocycles. The first kappa shape index (κ1) is 11.3. The number of nitrogens with zero attached hydrogens (tertiary/aromatic N) is 2. The summed E-state index contributed by atoms with van der Waals surface area (Å²) in [5, 5.41) is 3.63. The van der Waals surface area contributed by atoms with Crippen LogP contribution in [0.25, 0.3) is 6.08 Å². The molecule has 1 aromatic rings. The van der Waals surface area contributed by atoms with Crippen LogP contribution in [0.15, 0.2) is 12.9 Å². The molecule has 4 saturated carbocycles. The Morgan fingerprint density at radius 2 is 2.05 bits per heavy atom. The standard InChI is InChI=1S/C17H21N3/c1-3-14-10(2)15(20-9-19-14)18-8-16-6-12-4-11-5-13(7-16)17(11,12)16/h3,9,11-13H,1,4-8H2,2H3,(H,18,19,20). The lowest BCUT2D eigenvalue weighted by Gasteiger charge is -2.91. The number of anilines is 1. The van der Waals surface area contributed by atoms with Gasteiger partial charge >= 0.3 is 0 Å². The molecule has 2 atom stereocenters. The molecule has 0 saturated heterocycles. The minimum atomic E-state index is 0.620. The predicted octanol–water partition coefficient (Wildman–Crippen LogP) is 3.28. The van der Waals surface area contributed by atoms with Gasteiger partial charge < -0.3 is 5.32 Å². The quantitative estimate of drug-likeness (QED) is 0.909. The average Bonchev–Trinajstić information content (AvgIpc) is 2.36. The summed E-state index contributed by atoms with van der Waals surface area (Å²) < 4.78 is 0. The van der Waals surface area contributed by atoms with Crippen molar-refractivity contribution in [2.75, 3.05) is 11.9 Å². The van der Waals surface area contributed by atoms with Crippen LogP contribution in [-0.2, 0) is 0 Å². The van der Waals surface area contributed by atoms with Gasteiger partial charge in [0.05, 0.1) is 5.69 Å². The Labute approximate surface area is 119 Å². The van der Waals surface area contributed by atoms with Crippen molar-refractivity contribution in [1.29, 1.82) is 0 Å². The van der Waals surface area contributed by atoms with Gasteiger partial charge in [-0.3, -0.25) is 0 Å². The maximum Gasteiger partial charge on any atom is 0.132 e. The van der Waals surface area contributed by atoms with E-state index in [0.29, 0.717) is 5.41 Å². The fraction of sp³-hybridized carbons (Fsp3) is 0.647. The van der Waals surface area contributed by atoms with Crippen molar-refractivity contribution in [3.63, 3.8) is 0 Å². The summed E-state index contributed by atoms with van der Waals surface area (Å²) in [6, 6.07) is 0. The molecule has 2 unspecified atom stereocenters. The van der Waals surface area contributed by atoms with Crippen LogP contribution in [0.4, 0.5) is 5.82 Å². The highest BCUT2D eigenvalue weighted by Gasteiger charge is 2.87. The highest BCUT2D eigenvalue weighted by molar-refractivity contribution is 5.56. The third-order valence-corrected chi connectivity index (χ3v) is 7.27. The van der Waals surface area contributed by atoms with Gasteiger partial charge in [-0.2, -0.15) is 0 Å². The molecule has 0 radical (unpaired) electrons. The lowest BCUT2D eigenvalue weighted by atomic mass is 9.13. The van der Waals surface area contributed by atoms with Gasteiger partial charge in [-0.15, -0.1) is 0 Å². The smallest absolute Gasteiger partial charge is 0.132 e. The SMILES string of the molecule is C=Cc1ncnc(NCC23CC4CC5CC(C2)C543)c1C. The van der Waals surface area contributed by atoms with Gasteiger partial charge in [0.1, 0.15) is 12.1 Å². The molecule has 3 heteroatoms. The number of rotatable bonds is 4. The summed E-state index contributed by atoms with van der Waals surface area (Å²) in [6.07, 6.45) is 9.45. The molecule has 3 nitrogen and oxygen atoms in total. The first-order valence-electron chi connectivity index (χ1n) is 7.89.